The molecular weight excluding hydrogens is 429 g/mol. The van der Waals surface area contributed by atoms with E-state index in [4.69, 9.17) is 28.9 Å². The molecule has 0 bridgehead atoms. The van der Waals surface area contributed by atoms with Crippen LogP contribution in [0.25, 0.3) is 0 Å². The summed E-state index contributed by atoms with van der Waals surface area (Å²) >= 11 is 11.3. The monoisotopic (exact) mass is 458 g/mol. The average molecular weight is 459 g/mol. The Morgan fingerprint density at radius 2 is 1.80 bits per heavy atom. The lowest BCUT2D eigenvalue weighted by molar-refractivity contribution is 0.0929. The van der Waals surface area contributed by atoms with E-state index in [0.717, 1.165) is 19.3 Å². The number of aliphatic hydroxyl groups is 1. The number of hydrogen-bond acceptors (Lipinski definition) is 3. The number of aliphatic hydroxyl groups excluding tert-OH is 1. The number of nitrogens with two attached hydrogens (primary N) is 1. The second-order valence-corrected chi connectivity index (χ2v) is 8.69. The minimum atomic E-state index is -0.369. The van der Waals surface area contributed by atoms with Crippen LogP contribution in [0.1, 0.15) is 44.6 Å². The number of nitrogens with one attached hydrogen (secondary N) is 1. The van der Waals surface area contributed by atoms with Gasteiger partial charge in [0.05, 0.1) is 5.02 Å². The molecule has 3 unspecified atom stereocenters. The van der Waals surface area contributed by atoms with Crippen molar-refractivity contribution in [3.8, 4) is 0 Å². The summed E-state index contributed by atoms with van der Waals surface area (Å²) in [6.45, 7) is 4.97. The zero-order chi connectivity index (χ0) is 22.3. The van der Waals surface area contributed by atoms with Crippen LogP contribution in [0.4, 0.5) is 8.78 Å². The highest BCUT2D eigenvalue weighted by Gasteiger charge is 2.40. The average Bonchev–Trinajstić information content (AvgIpc) is 3.08. The molecule has 0 radical (unpaired) electrons. The molecule has 0 aliphatic carbocycles. The van der Waals surface area contributed by atoms with Crippen molar-refractivity contribution in [1.82, 2.24) is 5.32 Å². The molecular formula is C23H30Cl2F2N2O. The highest BCUT2D eigenvalue weighted by Crippen LogP contribution is 2.37. The summed E-state index contributed by atoms with van der Waals surface area (Å²) in [5.41, 5.74) is 6.86. The van der Waals surface area contributed by atoms with E-state index in [2.05, 4.69) is 19.2 Å². The van der Waals surface area contributed by atoms with Crippen molar-refractivity contribution in [3.05, 3.63) is 69.7 Å². The molecule has 2 aromatic rings. The lowest BCUT2D eigenvalue weighted by Crippen LogP contribution is -2.43. The highest BCUT2D eigenvalue weighted by molar-refractivity contribution is 6.31. The molecule has 1 aliphatic rings. The third-order valence-electron chi connectivity index (χ3n) is 6.19. The first kappa shape index (κ1) is 25.0. The third kappa shape index (κ3) is 6.14. The van der Waals surface area contributed by atoms with E-state index in [1.165, 1.54) is 12.1 Å². The summed E-state index contributed by atoms with van der Waals surface area (Å²) in [6.07, 6.45) is 2.61. The van der Waals surface area contributed by atoms with Crippen LogP contribution in [-0.2, 0) is 0 Å². The Hall–Kier alpha value is -1.24. The summed E-state index contributed by atoms with van der Waals surface area (Å²) < 4.78 is 26.3. The van der Waals surface area contributed by atoms with Crippen molar-refractivity contribution >= 4 is 23.2 Å². The molecule has 0 aromatic heterocycles. The summed E-state index contributed by atoms with van der Waals surface area (Å²) in [7, 11) is 0. The molecule has 0 spiro atoms. The fourth-order valence-electron chi connectivity index (χ4n) is 3.92. The van der Waals surface area contributed by atoms with Gasteiger partial charge in [-0.2, -0.15) is 0 Å². The van der Waals surface area contributed by atoms with Gasteiger partial charge in [0.2, 0.25) is 0 Å². The van der Waals surface area contributed by atoms with Gasteiger partial charge < -0.3 is 16.2 Å². The van der Waals surface area contributed by atoms with Gasteiger partial charge in [-0.1, -0.05) is 55.2 Å². The molecule has 4 N–H and O–H groups in total. The first-order valence-electron chi connectivity index (χ1n) is 10.2. The van der Waals surface area contributed by atoms with E-state index >= 15 is 0 Å². The van der Waals surface area contributed by atoms with Crippen LogP contribution in [0, 0.1) is 17.0 Å². The van der Waals surface area contributed by atoms with Crippen LogP contribution in [0.3, 0.4) is 0 Å². The van der Waals surface area contributed by atoms with Gasteiger partial charge in [-0.05, 0) is 54.5 Å². The van der Waals surface area contributed by atoms with Gasteiger partial charge in [0.1, 0.15) is 11.6 Å². The Bertz CT molecular complexity index is 792. The Balaban J connectivity index is 0.000000335. The SMILES string of the molecule is CCC(CC)(CO)CC1NCC(c2cccc(Cl)c2F)C1N.Fc1cccc(Cl)c1. The van der Waals surface area contributed by atoms with Crippen LogP contribution in [0.5, 0.6) is 0 Å². The van der Waals surface area contributed by atoms with E-state index in [1.807, 2.05) is 0 Å². The van der Waals surface area contributed by atoms with Crippen molar-refractivity contribution in [2.24, 2.45) is 11.1 Å². The first-order valence-corrected chi connectivity index (χ1v) is 11.0. The summed E-state index contributed by atoms with van der Waals surface area (Å²) in [5.74, 6) is -0.752. The molecule has 30 heavy (non-hydrogen) atoms. The maximum atomic E-state index is 14.2. The molecule has 3 nitrogen and oxygen atoms in total. The van der Waals surface area contributed by atoms with E-state index in [9.17, 15) is 13.9 Å². The summed E-state index contributed by atoms with van der Waals surface area (Å²) in [4.78, 5) is 0. The fraction of sp³-hybridized carbons (Fsp3) is 0.478. The number of hydrogen-bond donors (Lipinski definition) is 3. The number of rotatable bonds is 6. The normalized spacial score (nSPS) is 21.3. The van der Waals surface area contributed by atoms with Gasteiger partial charge >= 0.3 is 0 Å². The molecule has 166 valence electrons. The van der Waals surface area contributed by atoms with Crippen molar-refractivity contribution in [2.75, 3.05) is 13.2 Å². The predicted molar refractivity (Wildman–Crippen MR) is 120 cm³/mol. The van der Waals surface area contributed by atoms with Gasteiger partial charge in [-0.25, -0.2) is 8.78 Å². The van der Waals surface area contributed by atoms with E-state index in [0.29, 0.717) is 17.1 Å². The molecule has 1 aliphatic heterocycles. The maximum Gasteiger partial charge on any atom is 0.145 e. The molecule has 7 heteroatoms. The van der Waals surface area contributed by atoms with Gasteiger partial charge in [-0.3, -0.25) is 0 Å². The standard InChI is InChI=1S/C17H26ClFN2O.C6H4ClF/c1-3-17(4-2,10-22)8-14-16(20)12(9-21-14)11-6-5-7-13(18)15(11)19;7-5-2-1-3-6(8)4-5/h5-7,12,14,16,21-22H,3-4,8-10,20H2,1-2H3;1-4H. The van der Waals surface area contributed by atoms with Gasteiger partial charge in [0.15, 0.2) is 0 Å². The van der Waals surface area contributed by atoms with Crippen molar-refractivity contribution in [3.63, 3.8) is 0 Å². The first-order chi connectivity index (χ1) is 14.3. The largest absolute Gasteiger partial charge is 0.396 e. The molecule has 1 saturated heterocycles. The van der Waals surface area contributed by atoms with Crippen LogP contribution in [0.2, 0.25) is 10.0 Å². The zero-order valence-electron chi connectivity index (χ0n) is 17.3. The van der Waals surface area contributed by atoms with Crippen LogP contribution < -0.4 is 11.1 Å². The molecule has 1 fully saturated rings. The van der Waals surface area contributed by atoms with E-state index < -0.39 is 0 Å². The third-order valence-corrected chi connectivity index (χ3v) is 6.71. The predicted octanol–water partition coefficient (Wildman–Crippen LogP) is 5.53. The second-order valence-electron chi connectivity index (χ2n) is 7.85. The molecule has 0 saturated carbocycles. The Labute approximate surface area is 187 Å². The maximum absolute atomic E-state index is 14.2. The fourth-order valence-corrected chi connectivity index (χ4v) is 4.28. The molecule has 0 amide bonds. The van der Waals surface area contributed by atoms with Gasteiger partial charge in [-0.15, -0.1) is 0 Å². The lowest BCUT2D eigenvalue weighted by atomic mass is 9.75. The quantitative estimate of drug-likeness (QED) is 0.533. The van der Waals surface area contributed by atoms with E-state index in [1.54, 1.807) is 30.3 Å². The lowest BCUT2D eigenvalue weighted by Gasteiger charge is -2.34. The molecule has 3 atom stereocenters. The zero-order valence-corrected chi connectivity index (χ0v) is 18.9. The minimum absolute atomic E-state index is 0.0791. The number of halogens is 4. The summed E-state index contributed by atoms with van der Waals surface area (Å²) in [5, 5.41) is 13.7. The summed E-state index contributed by atoms with van der Waals surface area (Å²) in [6, 6.07) is 10.8. The second kappa shape index (κ2) is 11.4. The Kier molecular flexibility index (Phi) is 9.51. The van der Waals surface area contributed by atoms with Crippen molar-refractivity contribution in [1.29, 1.82) is 0 Å². The van der Waals surface area contributed by atoms with Crippen LogP contribution >= 0.6 is 23.2 Å². The van der Waals surface area contributed by atoms with Gasteiger partial charge in [0.25, 0.3) is 0 Å². The molecule has 1 heterocycles. The topological polar surface area (TPSA) is 58.3 Å². The van der Waals surface area contributed by atoms with E-state index in [-0.39, 0.29) is 46.7 Å². The Morgan fingerprint density at radius 1 is 1.13 bits per heavy atom. The van der Waals surface area contributed by atoms with Crippen LogP contribution in [0.15, 0.2) is 42.5 Å². The highest BCUT2D eigenvalue weighted by atomic mass is 35.5. The van der Waals surface area contributed by atoms with Gasteiger partial charge in [0, 0.05) is 36.2 Å². The smallest absolute Gasteiger partial charge is 0.145 e. The number of benzene rings is 2. The van der Waals surface area contributed by atoms with Crippen LogP contribution in [-0.4, -0.2) is 30.3 Å². The molecule has 3 rings (SSSR count). The van der Waals surface area contributed by atoms with Crippen molar-refractivity contribution < 1.29 is 13.9 Å². The Morgan fingerprint density at radius 3 is 2.33 bits per heavy atom. The molecule has 2 aromatic carbocycles. The van der Waals surface area contributed by atoms with Crippen molar-refractivity contribution in [2.45, 2.75) is 51.1 Å². The minimum Gasteiger partial charge on any atom is -0.396 e.